The Hall–Kier alpha value is -3.00. The van der Waals surface area contributed by atoms with E-state index >= 15 is 0 Å². The van der Waals surface area contributed by atoms with Crippen molar-refractivity contribution in [3.05, 3.63) is 81.3 Å². The fourth-order valence-electron chi connectivity index (χ4n) is 3.43. The summed E-state index contributed by atoms with van der Waals surface area (Å²) in [5.74, 6) is -0.402. The Balaban J connectivity index is 1.98. The number of hydrogen-bond acceptors (Lipinski definition) is 5. The molecule has 9 heteroatoms. The second kappa shape index (κ2) is 10.7. The lowest BCUT2D eigenvalue weighted by Crippen LogP contribution is -2.33. The number of carbonyl (C=O) groups is 2. The lowest BCUT2D eigenvalue weighted by atomic mass is 10.0. The van der Waals surface area contributed by atoms with Gasteiger partial charge in [0.15, 0.2) is 6.29 Å². The van der Waals surface area contributed by atoms with Gasteiger partial charge in [-0.3, -0.25) is 9.59 Å². The van der Waals surface area contributed by atoms with Crippen molar-refractivity contribution in [2.24, 2.45) is 0 Å². The molecule has 3 aromatic rings. The second-order valence-electron chi connectivity index (χ2n) is 7.12. The van der Waals surface area contributed by atoms with Crippen molar-refractivity contribution >= 4 is 35.4 Å². The lowest BCUT2D eigenvalue weighted by molar-refractivity contribution is 0.0658. The number of aromatic nitrogens is 1. The van der Waals surface area contributed by atoms with Gasteiger partial charge in [0.1, 0.15) is 16.7 Å². The van der Waals surface area contributed by atoms with Crippen LogP contribution in [0, 0.1) is 5.82 Å². The Kier molecular flexibility index (Phi) is 8.02. The smallest absolute Gasteiger partial charge is 0.254 e. The monoisotopic (exact) mass is 490 g/mol. The summed E-state index contributed by atoms with van der Waals surface area (Å²) in [6, 6.07) is 10.0. The molecule has 0 bridgehead atoms. The number of ether oxygens (including phenoxy) is 1. The minimum Gasteiger partial charge on any atom is -0.493 e. The van der Waals surface area contributed by atoms with Crippen molar-refractivity contribution in [3.8, 4) is 16.9 Å². The number of amides is 1. The molecule has 33 heavy (non-hydrogen) atoms. The first-order chi connectivity index (χ1) is 15.8. The molecule has 0 saturated carbocycles. The van der Waals surface area contributed by atoms with Gasteiger partial charge in [0, 0.05) is 29.9 Å². The van der Waals surface area contributed by atoms with Crippen molar-refractivity contribution in [3.63, 3.8) is 0 Å². The maximum Gasteiger partial charge on any atom is 0.254 e. The highest BCUT2D eigenvalue weighted by atomic mass is 35.5. The molecule has 2 aromatic carbocycles. The molecule has 0 aliphatic carbocycles. The van der Waals surface area contributed by atoms with E-state index in [-0.39, 0.29) is 32.7 Å². The highest BCUT2D eigenvalue weighted by Gasteiger charge is 2.27. The van der Waals surface area contributed by atoms with E-state index in [0.29, 0.717) is 29.8 Å². The van der Waals surface area contributed by atoms with Crippen LogP contribution >= 0.6 is 23.2 Å². The molecule has 1 N–H and O–H groups in total. The number of benzene rings is 2. The molecule has 1 amide bonds. The van der Waals surface area contributed by atoms with E-state index in [1.165, 1.54) is 30.3 Å². The zero-order valence-electron chi connectivity index (χ0n) is 17.9. The first-order valence-electron chi connectivity index (χ1n) is 10.0. The van der Waals surface area contributed by atoms with Gasteiger partial charge in [0.25, 0.3) is 5.91 Å². The molecular weight excluding hydrogens is 470 g/mol. The first kappa shape index (κ1) is 24.6. The Morgan fingerprint density at radius 1 is 1.27 bits per heavy atom. The Morgan fingerprint density at radius 3 is 2.67 bits per heavy atom. The van der Waals surface area contributed by atoms with Crippen LogP contribution in [0.3, 0.4) is 0 Å². The van der Waals surface area contributed by atoms with E-state index in [1.54, 1.807) is 37.3 Å². The summed E-state index contributed by atoms with van der Waals surface area (Å²) in [6.07, 6.45) is 1.79. The zero-order chi connectivity index (χ0) is 24.1. The molecule has 1 heterocycles. The number of aliphatic hydroxyl groups excluding tert-OH is 1. The van der Waals surface area contributed by atoms with Crippen LogP contribution in [0.25, 0.3) is 11.1 Å². The molecule has 3 rings (SSSR count). The Labute approximate surface area is 200 Å². The summed E-state index contributed by atoms with van der Waals surface area (Å²) in [5, 5.41) is 9.94. The van der Waals surface area contributed by atoms with Crippen molar-refractivity contribution in [2.75, 3.05) is 20.3 Å². The van der Waals surface area contributed by atoms with Gasteiger partial charge >= 0.3 is 0 Å². The van der Waals surface area contributed by atoms with Crippen LogP contribution in [-0.2, 0) is 0 Å². The third-order valence-electron chi connectivity index (χ3n) is 5.13. The largest absolute Gasteiger partial charge is 0.493 e. The molecule has 6 nitrogen and oxygen atoms in total. The molecule has 0 saturated heterocycles. The Bertz CT molecular complexity index is 1190. The van der Waals surface area contributed by atoms with Crippen LogP contribution in [0.1, 0.15) is 39.2 Å². The van der Waals surface area contributed by atoms with Crippen molar-refractivity contribution in [1.82, 2.24) is 9.88 Å². The van der Waals surface area contributed by atoms with Gasteiger partial charge in [0.2, 0.25) is 0 Å². The number of carbonyl (C=O) groups excluding carboxylic acids is 2. The van der Waals surface area contributed by atoms with Gasteiger partial charge < -0.3 is 14.7 Å². The van der Waals surface area contributed by atoms with Crippen LogP contribution in [0.5, 0.6) is 5.75 Å². The minimum atomic E-state index is -0.882. The summed E-state index contributed by atoms with van der Waals surface area (Å²) >= 11 is 12.2. The van der Waals surface area contributed by atoms with Gasteiger partial charge in [0.05, 0.1) is 29.8 Å². The summed E-state index contributed by atoms with van der Waals surface area (Å²) in [4.78, 5) is 29.8. The van der Waals surface area contributed by atoms with Gasteiger partial charge in [-0.2, -0.15) is 0 Å². The number of rotatable bonds is 8. The van der Waals surface area contributed by atoms with Gasteiger partial charge in [-0.1, -0.05) is 35.3 Å². The van der Waals surface area contributed by atoms with E-state index in [2.05, 4.69) is 4.98 Å². The van der Waals surface area contributed by atoms with E-state index in [4.69, 9.17) is 27.9 Å². The standard InChI is InChI=1S/C24H21Cl2FN2O4/c1-3-33-21-10-15(7-8-17(21)14-5-4-6-16(27)9-14)24(32)29(2)20(13-31)18-11-28-23(26)19(12-30)22(18)25/h4-12,20,31H,3,13H2,1-2H3/t20-/m1/s1. The topological polar surface area (TPSA) is 79.7 Å². The van der Waals surface area contributed by atoms with E-state index in [0.717, 1.165) is 0 Å². The highest BCUT2D eigenvalue weighted by Crippen LogP contribution is 2.34. The van der Waals surface area contributed by atoms with Crippen molar-refractivity contribution < 1.29 is 23.8 Å². The van der Waals surface area contributed by atoms with Crippen LogP contribution in [0.4, 0.5) is 4.39 Å². The predicted molar refractivity (Wildman–Crippen MR) is 125 cm³/mol. The third kappa shape index (κ3) is 5.16. The van der Waals surface area contributed by atoms with E-state index < -0.39 is 18.6 Å². The number of aldehydes is 1. The lowest BCUT2D eigenvalue weighted by Gasteiger charge is -2.28. The number of pyridine rings is 1. The normalized spacial score (nSPS) is 11.7. The molecule has 1 atom stereocenters. The van der Waals surface area contributed by atoms with E-state index in [1.807, 2.05) is 0 Å². The molecule has 0 spiro atoms. The van der Waals surface area contributed by atoms with Crippen LogP contribution in [0.15, 0.2) is 48.7 Å². The van der Waals surface area contributed by atoms with Gasteiger partial charge in [-0.05, 0) is 42.8 Å². The molecule has 1 aromatic heterocycles. The fourth-order valence-corrected chi connectivity index (χ4v) is 3.98. The second-order valence-corrected chi connectivity index (χ2v) is 7.85. The van der Waals surface area contributed by atoms with Crippen LogP contribution in [-0.4, -0.2) is 47.4 Å². The molecular formula is C24H21Cl2FN2O4. The van der Waals surface area contributed by atoms with Crippen LogP contribution in [0.2, 0.25) is 10.2 Å². The van der Waals surface area contributed by atoms with Crippen LogP contribution < -0.4 is 4.74 Å². The number of nitrogens with zero attached hydrogens (tertiary/aromatic N) is 2. The maximum absolute atomic E-state index is 13.7. The van der Waals surface area contributed by atoms with Gasteiger partial charge in [-0.15, -0.1) is 0 Å². The van der Waals surface area contributed by atoms with Crippen molar-refractivity contribution in [2.45, 2.75) is 13.0 Å². The van der Waals surface area contributed by atoms with E-state index in [9.17, 15) is 19.1 Å². The highest BCUT2D eigenvalue weighted by molar-refractivity contribution is 6.38. The fraction of sp³-hybridized carbons (Fsp3) is 0.208. The minimum absolute atomic E-state index is 0.0140. The number of halogens is 3. The van der Waals surface area contributed by atoms with Crippen molar-refractivity contribution in [1.29, 1.82) is 0 Å². The average Bonchev–Trinajstić information content (AvgIpc) is 2.80. The summed E-state index contributed by atoms with van der Waals surface area (Å²) in [7, 11) is 1.50. The number of hydrogen-bond donors (Lipinski definition) is 1. The predicted octanol–water partition coefficient (Wildman–Crippen LogP) is 5.21. The average molecular weight is 491 g/mol. The zero-order valence-corrected chi connectivity index (χ0v) is 19.4. The molecule has 0 unspecified atom stereocenters. The third-order valence-corrected chi connectivity index (χ3v) is 5.85. The Morgan fingerprint density at radius 2 is 2.03 bits per heavy atom. The summed E-state index contributed by atoms with van der Waals surface area (Å²) in [6.45, 7) is 1.68. The SMILES string of the molecule is CCOc1cc(C(=O)N(C)[C@H](CO)c2cnc(Cl)c(C=O)c2Cl)ccc1-c1cccc(F)c1. The molecule has 0 aliphatic heterocycles. The first-order valence-corrected chi connectivity index (χ1v) is 10.8. The number of likely N-dealkylation sites (N-methyl/N-ethyl adjacent to an activating group) is 1. The molecule has 172 valence electrons. The molecule has 0 fully saturated rings. The summed E-state index contributed by atoms with van der Waals surface area (Å²) in [5.41, 5.74) is 1.79. The summed E-state index contributed by atoms with van der Waals surface area (Å²) < 4.78 is 19.4. The number of aliphatic hydroxyl groups is 1. The molecule has 0 radical (unpaired) electrons. The maximum atomic E-state index is 13.7. The molecule has 0 aliphatic rings. The van der Waals surface area contributed by atoms with Gasteiger partial charge in [-0.25, -0.2) is 9.37 Å². The quantitative estimate of drug-likeness (QED) is 0.346.